The van der Waals surface area contributed by atoms with Crippen molar-refractivity contribution >= 4 is 0 Å². The van der Waals surface area contributed by atoms with Gasteiger partial charge in [0, 0.05) is 0 Å². The average molecular weight is 286 g/mol. The summed E-state index contributed by atoms with van der Waals surface area (Å²) in [6.07, 6.45) is -0.664. The molecule has 0 saturated carbocycles. The van der Waals surface area contributed by atoms with E-state index in [9.17, 15) is 5.11 Å². The molecule has 1 N–H and O–H groups in total. The Hall–Kier alpha value is -2.00. The second-order valence-electron chi connectivity index (χ2n) is 5.36. The Labute approximate surface area is 126 Å². The van der Waals surface area contributed by atoms with Gasteiger partial charge < -0.3 is 14.6 Å². The molecule has 0 aliphatic rings. The summed E-state index contributed by atoms with van der Waals surface area (Å²) in [5.41, 5.74) is 4.10. The molecule has 0 saturated heterocycles. The zero-order chi connectivity index (χ0) is 15.6. The van der Waals surface area contributed by atoms with Gasteiger partial charge in [-0.2, -0.15) is 0 Å². The number of aliphatic hydroxyl groups excluding tert-OH is 1. The summed E-state index contributed by atoms with van der Waals surface area (Å²) < 4.78 is 11.4. The lowest BCUT2D eigenvalue weighted by Crippen LogP contribution is -2.01. The highest BCUT2D eigenvalue weighted by Crippen LogP contribution is 2.37. The second kappa shape index (κ2) is 6.19. The molecular formula is C18H22O3. The highest BCUT2D eigenvalue weighted by Gasteiger charge is 2.17. The van der Waals surface area contributed by atoms with Crippen LogP contribution in [-0.2, 0) is 0 Å². The molecule has 2 rings (SSSR count). The summed E-state index contributed by atoms with van der Waals surface area (Å²) in [7, 11) is 1.59. The number of benzene rings is 2. The molecular weight excluding hydrogens is 264 g/mol. The van der Waals surface area contributed by atoms with Gasteiger partial charge in [-0.3, -0.25) is 0 Å². The molecule has 0 radical (unpaired) electrons. The van der Waals surface area contributed by atoms with Crippen LogP contribution in [-0.4, -0.2) is 12.2 Å². The van der Waals surface area contributed by atoms with Gasteiger partial charge in [0.1, 0.15) is 17.2 Å². The van der Waals surface area contributed by atoms with Crippen LogP contribution in [0.15, 0.2) is 30.3 Å². The van der Waals surface area contributed by atoms with E-state index in [1.807, 2.05) is 38.1 Å². The van der Waals surface area contributed by atoms with Crippen molar-refractivity contribution in [2.24, 2.45) is 0 Å². The lowest BCUT2D eigenvalue weighted by molar-refractivity contribution is 0.190. The normalized spacial score (nSPS) is 12.1. The van der Waals surface area contributed by atoms with Gasteiger partial charge in [-0.1, -0.05) is 12.1 Å². The Morgan fingerprint density at radius 3 is 2.29 bits per heavy atom. The Balaban J connectivity index is 2.50. The van der Waals surface area contributed by atoms with Crippen molar-refractivity contribution < 1.29 is 14.6 Å². The molecule has 2 aromatic carbocycles. The minimum Gasteiger partial charge on any atom is -0.496 e. The Morgan fingerprint density at radius 2 is 1.67 bits per heavy atom. The predicted octanol–water partition coefficient (Wildman–Crippen LogP) is 4.47. The quantitative estimate of drug-likeness (QED) is 0.901. The van der Waals surface area contributed by atoms with E-state index in [4.69, 9.17) is 9.47 Å². The monoisotopic (exact) mass is 286 g/mol. The van der Waals surface area contributed by atoms with Crippen molar-refractivity contribution in [3.05, 3.63) is 52.6 Å². The molecule has 2 aromatic rings. The summed E-state index contributed by atoms with van der Waals surface area (Å²) in [6.45, 7) is 7.85. The molecule has 112 valence electrons. The molecule has 0 bridgehead atoms. The molecule has 0 unspecified atom stereocenters. The van der Waals surface area contributed by atoms with Gasteiger partial charge in [-0.25, -0.2) is 0 Å². The highest BCUT2D eigenvalue weighted by atomic mass is 16.5. The van der Waals surface area contributed by atoms with Gasteiger partial charge in [-0.05, 0) is 62.6 Å². The smallest absolute Gasteiger partial charge is 0.136 e. The Morgan fingerprint density at radius 1 is 1.00 bits per heavy atom. The molecule has 0 aliphatic heterocycles. The SMILES string of the molecule is COc1cccc(Oc2cc(C)cc(C)c2C)c1[C@@H](C)O. The van der Waals surface area contributed by atoms with Crippen molar-refractivity contribution in [1.29, 1.82) is 0 Å². The molecule has 0 spiro atoms. The highest BCUT2D eigenvalue weighted by molar-refractivity contribution is 5.50. The summed E-state index contributed by atoms with van der Waals surface area (Å²) in [6, 6.07) is 9.67. The molecule has 0 aliphatic carbocycles. The summed E-state index contributed by atoms with van der Waals surface area (Å²) >= 11 is 0. The Kier molecular flexibility index (Phi) is 4.53. The second-order valence-corrected chi connectivity index (χ2v) is 5.36. The van der Waals surface area contributed by atoms with E-state index in [0.29, 0.717) is 17.1 Å². The molecule has 1 atom stereocenters. The van der Waals surface area contributed by atoms with Crippen LogP contribution in [0.1, 0.15) is 35.3 Å². The first kappa shape index (κ1) is 15.4. The number of aliphatic hydroxyl groups is 1. The summed E-state index contributed by atoms with van der Waals surface area (Å²) in [5.74, 6) is 2.06. The van der Waals surface area contributed by atoms with Crippen LogP contribution in [0.25, 0.3) is 0 Å². The standard InChI is InChI=1S/C18H22O3/c1-11-9-12(2)13(3)17(10-11)21-16-8-6-7-15(20-5)18(16)14(4)19/h6-10,14,19H,1-5H3/t14-/m1/s1. The fourth-order valence-electron chi connectivity index (χ4n) is 2.43. The molecule has 21 heavy (non-hydrogen) atoms. The van der Waals surface area contributed by atoms with Gasteiger partial charge in [0.25, 0.3) is 0 Å². The zero-order valence-electron chi connectivity index (χ0n) is 13.2. The van der Waals surface area contributed by atoms with Gasteiger partial charge in [0.15, 0.2) is 0 Å². The summed E-state index contributed by atoms with van der Waals surface area (Å²) in [5, 5.41) is 10.0. The molecule has 3 nitrogen and oxygen atoms in total. The molecule has 0 heterocycles. The fourth-order valence-corrected chi connectivity index (χ4v) is 2.43. The van der Waals surface area contributed by atoms with Crippen LogP contribution < -0.4 is 9.47 Å². The van der Waals surface area contributed by atoms with Crippen molar-refractivity contribution in [3.8, 4) is 17.2 Å². The third-order valence-electron chi connectivity index (χ3n) is 3.65. The minimum atomic E-state index is -0.664. The maximum Gasteiger partial charge on any atom is 0.136 e. The first-order chi connectivity index (χ1) is 9.93. The molecule has 3 heteroatoms. The molecule has 0 amide bonds. The number of rotatable bonds is 4. The van der Waals surface area contributed by atoms with Gasteiger partial charge >= 0.3 is 0 Å². The van der Waals surface area contributed by atoms with Crippen molar-refractivity contribution in [2.45, 2.75) is 33.8 Å². The summed E-state index contributed by atoms with van der Waals surface area (Å²) in [4.78, 5) is 0. The Bertz CT molecular complexity index is 645. The van der Waals surface area contributed by atoms with E-state index in [1.54, 1.807) is 14.0 Å². The predicted molar refractivity (Wildman–Crippen MR) is 84.4 cm³/mol. The number of aryl methyl sites for hydroxylation is 2. The lowest BCUT2D eigenvalue weighted by atomic mass is 10.1. The third-order valence-corrected chi connectivity index (χ3v) is 3.65. The lowest BCUT2D eigenvalue weighted by Gasteiger charge is -2.18. The van der Waals surface area contributed by atoms with Crippen LogP contribution in [0.5, 0.6) is 17.2 Å². The number of hydrogen-bond donors (Lipinski definition) is 1. The van der Waals surface area contributed by atoms with Crippen molar-refractivity contribution in [3.63, 3.8) is 0 Å². The number of methoxy groups -OCH3 is 1. The van der Waals surface area contributed by atoms with Crippen LogP contribution in [0.2, 0.25) is 0 Å². The topological polar surface area (TPSA) is 38.7 Å². The van der Waals surface area contributed by atoms with Crippen LogP contribution in [0, 0.1) is 20.8 Å². The van der Waals surface area contributed by atoms with E-state index < -0.39 is 6.10 Å². The van der Waals surface area contributed by atoms with E-state index in [1.165, 1.54) is 5.56 Å². The fraction of sp³-hybridized carbons (Fsp3) is 0.333. The number of ether oxygens (including phenoxy) is 2. The van der Waals surface area contributed by atoms with Gasteiger partial charge in [-0.15, -0.1) is 0 Å². The molecule has 0 aromatic heterocycles. The van der Waals surface area contributed by atoms with E-state index in [-0.39, 0.29) is 0 Å². The third kappa shape index (κ3) is 3.19. The van der Waals surface area contributed by atoms with Gasteiger partial charge in [0.2, 0.25) is 0 Å². The maximum atomic E-state index is 10.0. The van der Waals surface area contributed by atoms with Crippen molar-refractivity contribution in [2.75, 3.05) is 7.11 Å². The van der Waals surface area contributed by atoms with E-state index >= 15 is 0 Å². The van der Waals surface area contributed by atoms with Crippen molar-refractivity contribution in [1.82, 2.24) is 0 Å². The van der Waals surface area contributed by atoms with Crippen LogP contribution >= 0.6 is 0 Å². The van der Waals surface area contributed by atoms with E-state index in [2.05, 4.69) is 13.0 Å². The van der Waals surface area contributed by atoms with Gasteiger partial charge in [0.05, 0.1) is 18.8 Å². The largest absolute Gasteiger partial charge is 0.496 e. The number of hydrogen-bond acceptors (Lipinski definition) is 3. The minimum absolute atomic E-state index is 0.623. The molecule has 0 fully saturated rings. The zero-order valence-corrected chi connectivity index (χ0v) is 13.2. The first-order valence-corrected chi connectivity index (χ1v) is 7.04. The van der Waals surface area contributed by atoms with Crippen LogP contribution in [0.4, 0.5) is 0 Å². The van der Waals surface area contributed by atoms with Crippen LogP contribution in [0.3, 0.4) is 0 Å². The average Bonchev–Trinajstić information content (AvgIpc) is 2.43. The first-order valence-electron chi connectivity index (χ1n) is 7.04. The van der Waals surface area contributed by atoms with E-state index in [0.717, 1.165) is 16.9 Å². The maximum absolute atomic E-state index is 10.0.